The van der Waals surface area contributed by atoms with Crippen molar-refractivity contribution >= 4 is 22.8 Å². The lowest BCUT2D eigenvalue weighted by Gasteiger charge is -2.29. The summed E-state index contributed by atoms with van der Waals surface area (Å²) in [5.74, 6) is -0.241. The van der Waals surface area contributed by atoms with Crippen molar-refractivity contribution < 1.29 is 11.0 Å². The van der Waals surface area contributed by atoms with Crippen LogP contribution in [-0.2, 0) is 20.5 Å². The van der Waals surface area contributed by atoms with E-state index in [1.54, 1.807) is 28.6 Å². The predicted molar refractivity (Wildman–Crippen MR) is 129 cm³/mol. The van der Waals surface area contributed by atoms with Gasteiger partial charge in [0.25, 0.3) is 11.8 Å². The van der Waals surface area contributed by atoms with Crippen LogP contribution in [0, 0.1) is 0 Å². The van der Waals surface area contributed by atoms with Crippen LogP contribution in [-0.4, -0.2) is 55.9 Å². The van der Waals surface area contributed by atoms with Crippen LogP contribution < -0.4 is 5.32 Å². The average Bonchev–Trinajstić information content (AvgIpc) is 3.42. The summed E-state index contributed by atoms with van der Waals surface area (Å²) in [4.78, 5) is 29.2. The van der Waals surface area contributed by atoms with Gasteiger partial charge < -0.3 is 14.8 Å². The zero-order chi connectivity index (χ0) is 23.4. The average molecular weight is 447 g/mol. The molecule has 2 aromatic carbocycles. The monoisotopic (exact) mass is 446 g/mol. The highest BCUT2D eigenvalue weighted by molar-refractivity contribution is 6.04. The number of aromatic nitrogens is 4. The lowest BCUT2D eigenvalue weighted by Crippen LogP contribution is -2.41. The van der Waals surface area contributed by atoms with E-state index in [0.717, 1.165) is 5.56 Å². The van der Waals surface area contributed by atoms with Gasteiger partial charge in [0, 0.05) is 41.4 Å². The summed E-state index contributed by atoms with van der Waals surface area (Å²) >= 11 is 0. The highest BCUT2D eigenvalue weighted by Gasteiger charge is 2.24. The first kappa shape index (κ1) is 22.3. The van der Waals surface area contributed by atoms with Gasteiger partial charge in [-0.2, -0.15) is 15.0 Å². The molecule has 1 N–H and O–H groups in total. The zero-order valence-electron chi connectivity index (χ0n) is 19.1. The topological polar surface area (TPSA) is 85.1 Å². The number of hydrogen-bond acceptors (Lipinski definition) is 4. The molecular formula is C25H30N6O2. The number of benzene rings is 2. The van der Waals surface area contributed by atoms with Gasteiger partial charge in [-0.25, -0.2) is 0 Å². The van der Waals surface area contributed by atoms with Crippen LogP contribution in [0.4, 0.5) is 0 Å². The van der Waals surface area contributed by atoms with Crippen LogP contribution in [0.5, 0.6) is 0 Å². The number of likely N-dealkylation sites (N-methyl/N-ethyl adjacent to an activating group) is 1. The molecule has 172 valence electrons. The van der Waals surface area contributed by atoms with Crippen molar-refractivity contribution in [2.45, 2.75) is 18.9 Å². The van der Waals surface area contributed by atoms with E-state index in [1.807, 2.05) is 56.7 Å². The van der Waals surface area contributed by atoms with Gasteiger partial charge >= 0.3 is 0 Å². The Labute approximate surface area is 194 Å². The van der Waals surface area contributed by atoms with Crippen molar-refractivity contribution in [3.63, 3.8) is 0 Å². The van der Waals surface area contributed by atoms with E-state index in [9.17, 15) is 9.59 Å². The summed E-state index contributed by atoms with van der Waals surface area (Å²) in [7, 11) is 5.39. The quantitative estimate of drug-likeness (QED) is 0.451. The SMILES string of the molecule is CN(C(=O)c1cccc2nn(C)nc12)[C@H](CCNC(=O)c1cccn1C)Cc1ccccc1.[HH]. The Hall–Kier alpha value is -3.94. The van der Waals surface area contributed by atoms with Gasteiger partial charge in [0.2, 0.25) is 0 Å². The summed E-state index contributed by atoms with van der Waals surface area (Å²) in [6.07, 6.45) is 3.13. The summed E-state index contributed by atoms with van der Waals surface area (Å²) in [6.45, 7) is 0.453. The number of carbonyl (C=O) groups excluding carboxylic acids is 2. The number of nitrogens with one attached hydrogen (secondary N) is 1. The Balaban J connectivity index is 0.00000324. The summed E-state index contributed by atoms with van der Waals surface area (Å²) in [5, 5.41) is 11.7. The second-order valence-corrected chi connectivity index (χ2v) is 8.17. The van der Waals surface area contributed by atoms with E-state index in [1.165, 1.54) is 4.80 Å². The fourth-order valence-electron chi connectivity index (χ4n) is 4.03. The van der Waals surface area contributed by atoms with E-state index >= 15 is 0 Å². The van der Waals surface area contributed by atoms with Gasteiger partial charge in [-0.05, 0) is 42.7 Å². The van der Waals surface area contributed by atoms with Crippen molar-refractivity contribution in [1.82, 2.24) is 29.8 Å². The molecule has 4 rings (SSSR count). The van der Waals surface area contributed by atoms with Crippen LogP contribution in [0.2, 0.25) is 0 Å². The van der Waals surface area contributed by atoms with Crippen LogP contribution in [0.1, 0.15) is 34.3 Å². The molecular weight excluding hydrogens is 416 g/mol. The first-order valence-electron chi connectivity index (χ1n) is 10.9. The molecule has 1 atom stereocenters. The summed E-state index contributed by atoms with van der Waals surface area (Å²) in [5.41, 5.74) is 3.54. The van der Waals surface area contributed by atoms with Crippen molar-refractivity contribution in [1.29, 1.82) is 0 Å². The Bertz CT molecular complexity index is 1270. The molecule has 0 saturated carbocycles. The number of aryl methyl sites for hydroxylation is 2. The van der Waals surface area contributed by atoms with E-state index < -0.39 is 0 Å². The standard InChI is InChI=1S/C25H28N6O2.H2/c1-29-16-8-13-22(29)24(32)26-15-14-19(17-18-9-5-4-6-10-18)30(2)25(33)20-11-7-12-21-23(20)28-31(3)27-21;/h4-13,16,19H,14-15,17H2,1-3H3,(H,26,32);1H/t19-;/m1./s1. The third-order valence-corrected chi connectivity index (χ3v) is 5.86. The molecule has 33 heavy (non-hydrogen) atoms. The van der Waals surface area contributed by atoms with Crippen molar-refractivity contribution in [2.24, 2.45) is 14.1 Å². The summed E-state index contributed by atoms with van der Waals surface area (Å²) in [6, 6.07) is 19.0. The van der Waals surface area contributed by atoms with Gasteiger partial charge in [-0.15, -0.1) is 0 Å². The largest absolute Gasteiger partial charge is 0.351 e. The number of rotatable bonds is 8. The lowest BCUT2D eigenvalue weighted by atomic mass is 10.0. The van der Waals surface area contributed by atoms with E-state index in [4.69, 9.17) is 0 Å². The van der Waals surface area contributed by atoms with Gasteiger partial charge in [0.15, 0.2) is 0 Å². The minimum atomic E-state index is -0.126. The molecule has 2 heterocycles. The molecule has 0 radical (unpaired) electrons. The number of amides is 2. The molecule has 4 aromatic rings. The Morgan fingerprint density at radius 2 is 1.82 bits per heavy atom. The fraction of sp³-hybridized carbons (Fsp3) is 0.280. The smallest absolute Gasteiger partial charge is 0.267 e. The molecule has 0 aliphatic heterocycles. The summed E-state index contributed by atoms with van der Waals surface area (Å²) < 4.78 is 1.79. The maximum absolute atomic E-state index is 13.5. The van der Waals surface area contributed by atoms with Crippen LogP contribution in [0.25, 0.3) is 11.0 Å². The number of fused-ring (bicyclic) bond motifs is 1. The van der Waals surface area contributed by atoms with Gasteiger partial charge in [-0.3, -0.25) is 9.59 Å². The molecule has 8 nitrogen and oxygen atoms in total. The van der Waals surface area contributed by atoms with E-state index in [-0.39, 0.29) is 19.3 Å². The first-order chi connectivity index (χ1) is 15.9. The minimum absolute atomic E-state index is 0. The Morgan fingerprint density at radius 3 is 2.55 bits per heavy atom. The zero-order valence-corrected chi connectivity index (χ0v) is 19.1. The second-order valence-electron chi connectivity index (χ2n) is 8.17. The van der Waals surface area contributed by atoms with E-state index in [0.29, 0.717) is 41.7 Å². The third-order valence-electron chi connectivity index (χ3n) is 5.86. The predicted octanol–water partition coefficient (Wildman–Crippen LogP) is 3.06. The first-order valence-corrected chi connectivity index (χ1v) is 10.9. The van der Waals surface area contributed by atoms with Gasteiger partial charge in [0.1, 0.15) is 16.7 Å². The van der Waals surface area contributed by atoms with E-state index in [2.05, 4.69) is 27.6 Å². The lowest BCUT2D eigenvalue weighted by molar-refractivity contribution is 0.0724. The number of carbonyl (C=O) groups is 2. The molecule has 0 saturated heterocycles. The molecule has 2 aromatic heterocycles. The maximum Gasteiger partial charge on any atom is 0.267 e. The molecule has 2 amide bonds. The van der Waals surface area contributed by atoms with Crippen molar-refractivity contribution in [3.8, 4) is 0 Å². The molecule has 0 bridgehead atoms. The van der Waals surface area contributed by atoms with Crippen LogP contribution in [0.3, 0.4) is 0 Å². The second kappa shape index (κ2) is 9.68. The molecule has 0 unspecified atom stereocenters. The van der Waals surface area contributed by atoms with Gasteiger partial charge in [0.05, 0.1) is 5.56 Å². The van der Waals surface area contributed by atoms with Gasteiger partial charge in [-0.1, -0.05) is 36.4 Å². The fourth-order valence-corrected chi connectivity index (χ4v) is 4.03. The molecule has 0 aliphatic rings. The maximum atomic E-state index is 13.5. The molecule has 0 spiro atoms. The third kappa shape index (κ3) is 4.95. The highest BCUT2D eigenvalue weighted by atomic mass is 16.2. The molecule has 0 aliphatic carbocycles. The number of hydrogen-bond donors (Lipinski definition) is 1. The van der Waals surface area contributed by atoms with Crippen molar-refractivity contribution in [2.75, 3.05) is 13.6 Å². The highest BCUT2D eigenvalue weighted by Crippen LogP contribution is 2.19. The molecule has 0 fully saturated rings. The van der Waals surface area contributed by atoms with Crippen LogP contribution in [0.15, 0.2) is 66.9 Å². The minimum Gasteiger partial charge on any atom is -0.351 e. The van der Waals surface area contributed by atoms with Crippen molar-refractivity contribution in [3.05, 3.63) is 83.7 Å². The molecule has 8 heteroatoms. The Kier molecular flexibility index (Phi) is 6.53. The van der Waals surface area contributed by atoms with Crippen LogP contribution >= 0.6 is 0 Å². The Morgan fingerprint density at radius 1 is 1.03 bits per heavy atom. The number of nitrogens with zero attached hydrogens (tertiary/aromatic N) is 5. The normalized spacial score (nSPS) is 12.0.